The molecule has 4 rings (SSSR count). The summed E-state index contributed by atoms with van der Waals surface area (Å²) in [6.45, 7) is 1.10. The summed E-state index contributed by atoms with van der Waals surface area (Å²) in [5.74, 6) is 1.44. The van der Waals surface area contributed by atoms with E-state index in [9.17, 15) is 4.79 Å². The summed E-state index contributed by atoms with van der Waals surface area (Å²) >= 11 is 0. The van der Waals surface area contributed by atoms with Crippen LogP contribution in [0.1, 0.15) is 5.56 Å². The van der Waals surface area contributed by atoms with Crippen LogP contribution in [-0.2, 0) is 11.2 Å². The number of anilines is 1. The molecule has 4 aromatic rings. The van der Waals surface area contributed by atoms with Crippen molar-refractivity contribution in [3.8, 4) is 5.82 Å². The number of hydrogen-bond donors (Lipinski definition) is 3. The number of carbonyl (C=O) groups excluding carboxylic acids is 1. The quantitative estimate of drug-likeness (QED) is 0.442. The smallest absolute Gasteiger partial charge is 0.224 e. The molecule has 0 fully saturated rings. The van der Waals surface area contributed by atoms with E-state index in [4.69, 9.17) is 0 Å². The third-order valence-electron chi connectivity index (χ3n) is 4.30. The summed E-state index contributed by atoms with van der Waals surface area (Å²) in [5, 5.41) is 15.5. The molecule has 7 nitrogen and oxygen atoms in total. The molecular weight excluding hydrogens is 340 g/mol. The number of H-pyrrole nitrogens is 1. The highest BCUT2D eigenvalue weighted by Crippen LogP contribution is 2.17. The minimum atomic E-state index is -0.00408. The zero-order valence-corrected chi connectivity index (χ0v) is 14.7. The number of nitrogens with one attached hydrogen (secondary N) is 3. The highest BCUT2D eigenvalue weighted by Gasteiger charge is 2.08. The second-order valence-corrected chi connectivity index (χ2v) is 6.18. The summed E-state index contributed by atoms with van der Waals surface area (Å²) in [6, 6.07) is 15.6. The molecule has 0 radical (unpaired) electrons. The highest BCUT2D eigenvalue weighted by atomic mass is 16.1. The molecule has 3 heterocycles. The van der Waals surface area contributed by atoms with Crippen molar-refractivity contribution >= 4 is 22.6 Å². The van der Waals surface area contributed by atoms with Crippen LogP contribution < -0.4 is 10.6 Å². The second kappa shape index (κ2) is 7.74. The summed E-state index contributed by atoms with van der Waals surface area (Å²) in [7, 11) is 0. The molecule has 3 N–H and O–H groups in total. The number of rotatable bonds is 7. The lowest BCUT2D eigenvalue weighted by Crippen LogP contribution is -2.30. The maximum atomic E-state index is 12.2. The third-order valence-corrected chi connectivity index (χ3v) is 4.30. The molecule has 7 heteroatoms. The maximum absolute atomic E-state index is 12.2. The van der Waals surface area contributed by atoms with Gasteiger partial charge in [-0.1, -0.05) is 18.2 Å². The van der Waals surface area contributed by atoms with E-state index in [0.717, 1.165) is 22.3 Å². The molecule has 0 aliphatic rings. The fourth-order valence-electron chi connectivity index (χ4n) is 2.95. The van der Waals surface area contributed by atoms with Gasteiger partial charge in [0.05, 0.1) is 6.42 Å². The van der Waals surface area contributed by atoms with Crippen LogP contribution in [0.5, 0.6) is 0 Å². The Morgan fingerprint density at radius 2 is 1.85 bits per heavy atom. The SMILES string of the molecule is O=C(Cc1c[nH]c2ccccc12)NCCNc1ccc(-n2cccc2)nn1. The summed E-state index contributed by atoms with van der Waals surface area (Å²) in [5.41, 5.74) is 2.05. The first-order valence-electron chi connectivity index (χ1n) is 8.82. The van der Waals surface area contributed by atoms with E-state index in [1.54, 1.807) is 0 Å². The van der Waals surface area contributed by atoms with Gasteiger partial charge in [-0.25, -0.2) is 0 Å². The number of benzene rings is 1. The normalized spacial score (nSPS) is 10.8. The molecular formula is C20H20N6O. The predicted octanol–water partition coefficient (Wildman–Crippen LogP) is 2.52. The molecule has 0 spiro atoms. The summed E-state index contributed by atoms with van der Waals surface area (Å²) in [4.78, 5) is 15.3. The maximum Gasteiger partial charge on any atom is 0.224 e. The van der Waals surface area contributed by atoms with Crippen molar-refractivity contribution in [2.75, 3.05) is 18.4 Å². The monoisotopic (exact) mass is 360 g/mol. The van der Waals surface area contributed by atoms with Crippen LogP contribution in [0.25, 0.3) is 16.7 Å². The van der Waals surface area contributed by atoms with Crippen molar-refractivity contribution in [3.05, 3.63) is 72.7 Å². The number of fused-ring (bicyclic) bond motifs is 1. The van der Waals surface area contributed by atoms with Gasteiger partial charge in [-0.15, -0.1) is 10.2 Å². The molecule has 1 aromatic carbocycles. The first-order valence-corrected chi connectivity index (χ1v) is 8.82. The lowest BCUT2D eigenvalue weighted by Gasteiger charge is -2.08. The number of amides is 1. The van der Waals surface area contributed by atoms with Crippen molar-refractivity contribution in [3.63, 3.8) is 0 Å². The molecule has 0 atom stereocenters. The Bertz CT molecular complexity index is 1020. The molecule has 1 amide bonds. The second-order valence-electron chi connectivity index (χ2n) is 6.18. The van der Waals surface area contributed by atoms with Gasteiger partial charge in [-0.05, 0) is 35.9 Å². The average Bonchev–Trinajstić information content (AvgIpc) is 3.37. The zero-order valence-electron chi connectivity index (χ0n) is 14.7. The molecule has 0 saturated heterocycles. The standard InChI is InChI=1S/C20H20N6O/c27-20(13-15-14-23-17-6-2-1-5-16(15)17)22-10-9-21-18-7-8-19(25-24-18)26-11-3-4-12-26/h1-8,11-12,14,23H,9-10,13H2,(H,21,24)(H,22,27). The summed E-state index contributed by atoms with van der Waals surface area (Å²) < 4.78 is 1.89. The van der Waals surface area contributed by atoms with E-state index in [-0.39, 0.29) is 5.91 Å². The fourth-order valence-corrected chi connectivity index (χ4v) is 2.95. The molecule has 3 aromatic heterocycles. The minimum Gasteiger partial charge on any atom is -0.367 e. The first kappa shape index (κ1) is 16.8. The Balaban J connectivity index is 1.23. The topological polar surface area (TPSA) is 87.6 Å². The van der Waals surface area contributed by atoms with E-state index in [0.29, 0.717) is 25.3 Å². The van der Waals surface area contributed by atoms with Crippen LogP contribution in [0.4, 0.5) is 5.82 Å². The van der Waals surface area contributed by atoms with Crippen LogP contribution >= 0.6 is 0 Å². The van der Waals surface area contributed by atoms with Gasteiger partial charge < -0.3 is 20.2 Å². The Labute approximate surface area is 156 Å². The van der Waals surface area contributed by atoms with E-state index in [1.807, 2.05) is 71.7 Å². The van der Waals surface area contributed by atoms with Crippen LogP contribution in [-0.4, -0.2) is 38.7 Å². The predicted molar refractivity (Wildman–Crippen MR) is 105 cm³/mol. The Morgan fingerprint density at radius 1 is 1.00 bits per heavy atom. The van der Waals surface area contributed by atoms with Crippen molar-refractivity contribution in [2.24, 2.45) is 0 Å². The van der Waals surface area contributed by atoms with Crippen molar-refractivity contribution in [1.29, 1.82) is 0 Å². The van der Waals surface area contributed by atoms with Gasteiger partial charge in [-0.3, -0.25) is 4.79 Å². The van der Waals surface area contributed by atoms with Crippen LogP contribution in [0, 0.1) is 0 Å². The van der Waals surface area contributed by atoms with Crippen molar-refractivity contribution in [2.45, 2.75) is 6.42 Å². The molecule has 27 heavy (non-hydrogen) atoms. The number of aromatic nitrogens is 4. The van der Waals surface area contributed by atoms with Gasteiger partial charge >= 0.3 is 0 Å². The lowest BCUT2D eigenvalue weighted by atomic mass is 10.1. The first-order chi connectivity index (χ1) is 13.3. The molecule has 0 aliphatic heterocycles. The Kier molecular flexibility index (Phi) is 4.82. The van der Waals surface area contributed by atoms with E-state index >= 15 is 0 Å². The molecule has 0 bridgehead atoms. The minimum absolute atomic E-state index is 0.00408. The zero-order chi connectivity index (χ0) is 18.5. The van der Waals surface area contributed by atoms with Gasteiger partial charge in [0.25, 0.3) is 0 Å². The molecule has 136 valence electrons. The number of para-hydroxylation sites is 1. The van der Waals surface area contributed by atoms with Gasteiger partial charge in [0.15, 0.2) is 5.82 Å². The number of nitrogens with zero attached hydrogens (tertiary/aromatic N) is 3. The molecule has 0 saturated carbocycles. The van der Waals surface area contributed by atoms with Gasteiger partial charge in [0.1, 0.15) is 5.82 Å². The Morgan fingerprint density at radius 3 is 2.67 bits per heavy atom. The molecule has 0 unspecified atom stereocenters. The van der Waals surface area contributed by atoms with Crippen molar-refractivity contribution < 1.29 is 4.79 Å². The van der Waals surface area contributed by atoms with Gasteiger partial charge in [0, 0.05) is 42.6 Å². The third kappa shape index (κ3) is 3.98. The van der Waals surface area contributed by atoms with Crippen LogP contribution in [0.3, 0.4) is 0 Å². The molecule has 0 aliphatic carbocycles. The van der Waals surface area contributed by atoms with E-state index in [2.05, 4.69) is 25.8 Å². The Hall–Kier alpha value is -3.61. The van der Waals surface area contributed by atoms with Crippen LogP contribution in [0.15, 0.2) is 67.1 Å². The highest BCUT2D eigenvalue weighted by molar-refractivity contribution is 5.88. The number of carbonyl (C=O) groups is 1. The van der Waals surface area contributed by atoms with E-state index < -0.39 is 0 Å². The van der Waals surface area contributed by atoms with Gasteiger partial charge in [0.2, 0.25) is 5.91 Å². The van der Waals surface area contributed by atoms with Crippen LogP contribution in [0.2, 0.25) is 0 Å². The van der Waals surface area contributed by atoms with Gasteiger partial charge in [-0.2, -0.15) is 0 Å². The number of aromatic amines is 1. The largest absolute Gasteiger partial charge is 0.367 e. The lowest BCUT2D eigenvalue weighted by molar-refractivity contribution is -0.120. The van der Waals surface area contributed by atoms with Crippen molar-refractivity contribution in [1.82, 2.24) is 25.1 Å². The average molecular weight is 360 g/mol. The van der Waals surface area contributed by atoms with E-state index in [1.165, 1.54) is 0 Å². The fraction of sp³-hybridized carbons (Fsp3) is 0.150. The summed E-state index contributed by atoms with van der Waals surface area (Å²) in [6.07, 6.45) is 6.08. The number of hydrogen-bond acceptors (Lipinski definition) is 4.